The Morgan fingerprint density at radius 1 is 1.32 bits per heavy atom. The zero-order valence-corrected chi connectivity index (χ0v) is 12.9. The minimum atomic E-state index is 0.485. The SMILES string of the molecule is Clc1ccc(-c2cnc3sc(NCC4=CCOO4)nn23)cc1. The molecular weight excluding hydrogens is 324 g/mol. The van der Waals surface area contributed by atoms with E-state index in [0.29, 0.717) is 18.2 Å². The number of hydrogen-bond donors (Lipinski definition) is 1. The van der Waals surface area contributed by atoms with Gasteiger partial charge in [0.15, 0.2) is 5.76 Å². The monoisotopic (exact) mass is 334 g/mol. The number of rotatable bonds is 4. The van der Waals surface area contributed by atoms with E-state index in [9.17, 15) is 0 Å². The molecule has 3 heterocycles. The van der Waals surface area contributed by atoms with Crippen LogP contribution < -0.4 is 5.32 Å². The second-order valence-corrected chi connectivity index (χ2v) is 6.04. The molecule has 0 atom stereocenters. The molecule has 6 nitrogen and oxygen atoms in total. The Hall–Kier alpha value is -2.09. The number of imidazole rings is 1. The lowest BCUT2D eigenvalue weighted by Gasteiger charge is -2.01. The molecule has 112 valence electrons. The summed E-state index contributed by atoms with van der Waals surface area (Å²) in [5.74, 6) is 0.755. The predicted molar refractivity (Wildman–Crippen MR) is 84.9 cm³/mol. The van der Waals surface area contributed by atoms with Gasteiger partial charge in [-0.2, -0.15) is 4.89 Å². The number of benzene rings is 1. The molecule has 4 rings (SSSR count). The molecule has 0 fully saturated rings. The lowest BCUT2D eigenvalue weighted by atomic mass is 10.2. The number of halogens is 1. The van der Waals surface area contributed by atoms with Crippen molar-refractivity contribution < 1.29 is 9.78 Å². The van der Waals surface area contributed by atoms with E-state index < -0.39 is 0 Å². The van der Waals surface area contributed by atoms with Crippen molar-refractivity contribution >= 4 is 33.0 Å². The third kappa shape index (κ3) is 2.54. The van der Waals surface area contributed by atoms with E-state index >= 15 is 0 Å². The van der Waals surface area contributed by atoms with Crippen LogP contribution in [0.1, 0.15) is 0 Å². The van der Waals surface area contributed by atoms with Gasteiger partial charge >= 0.3 is 0 Å². The van der Waals surface area contributed by atoms with Gasteiger partial charge in [0.1, 0.15) is 6.61 Å². The average Bonchev–Trinajstić information content (AvgIpc) is 3.23. The van der Waals surface area contributed by atoms with Crippen LogP contribution in [0.15, 0.2) is 42.3 Å². The molecule has 3 aromatic rings. The Labute approximate surface area is 134 Å². The zero-order chi connectivity index (χ0) is 14.9. The fourth-order valence-corrected chi connectivity index (χ4v) is 3.01. The maximum Gasteiger partial charge on any atom is 0.214 e. The van der Waals surface area contributed by atoms with E-state index in [4.69, 9.17) is 21.4 Å². The van der Waals surface area contributed by atoms with Crippen molar-refractivity contribution in [3.05, 3.63) is 47.3 Å². The minimum Gasteiger partial charge on any atom is -0.353 e. The Balaban J connectivity index is 1.60. The van der Waals surface area contributed by atoms with Crippen molar-refractivity contribution in [3.8, 4) is 11.3 Å². The van der Waals surface area contributed by atoms with Crippen LogP contribution in [-0.2, 0) is 9.78 Å². The molecule has 8 heteroatoms. The summed E-state index contributed by atoms with van der Waals surface area (Å²) >= 11 is 7.40. The number of aromatic nitrogens is 3. The molecule has 1 N–H and O–H groups in total. The third-order valence-electron chi connectivity index (χ3n) is 3.18. The second-order valence-electron chi connectivity index (χ2n) is 4.64. The van der Waals surface area contributed by atoms with E-state index in [2.05, 4.69) is 15.4 Å². The normalized spacial score (nSPS) is 14.1. The average molecular weight is 335 g/mol. The van der Waals surface area contributed by atoms with Crippen LogP contribution in [0.2, 0.25) is 5.02 Å². The fourth-order valence-electron chi connectivity index (χ4n) is 2.12. The number of fused-ring (bicyclic) bond motifs is 1. The molecule has 1 aromatic carbocycles. The first-order valence-electron chi connectivity index (χ1n) is 6.62. The van der Waals surface area contributed by atoms with Crippen LogP contribution in [0, 0.1) is 0 Å². The van der Waals surface area contributed by atoms with Gasteiger partial charge in [-0.05, 0) is 18.2 Å². The molecule has 1 aliphatic rings. The van der Waals surface area contributed by atoms with Gasteiger partial charge in [-0.15, -0.1) is 5.10 Å². The summed E-state index contributed by atoms with van der Waals surface area (Å²) in [6.45, 7) is 1.02. The highest BCUT2D eigenvalue weighted by Gasteiger charge is 2.13. The van der Waals surface area contributed by atoms with Gasteiger partial charge < -0.3 is 10.2 Å². The highest BCUT2D eigenvalue weighted by Crippen LogP contribution is 2.27. The summed E-state index contributed by atoms with van der Waals surface area (Å²) in [5.41, 5.74) is 1.94. The molecule has 1 aliphatic heterocycles. The molecule has 0 radical (unpaired) electrons. The predicted octanol–water partition coefficient (Wildman–Crippen LogP) is 3.37. The molecule has 0 bridgehead atoms. The lowest BCUT2D eigenvalue weighted by Crippen LogP contribution is -2.05. The van der Waals surface area contributed by atoms with Gasteiger partial charge in [0, 0.05) is 10.6 Å². The van der Waals surface area contributed by atoms with E-state index in [1.807, 2.05) is 41.1 Å². The van der Waals surface area contributed by atoms with Crippen molar-refractivity contribution in [2.45, 2.75) is 0 Å². The maximum atomic E-state index is 5.93. The largest absolute Gasteiger partial charge is 0.353 e. The topological polar surface area (TPSA) is 60.7 Å². The van der Waals surface area contributed by atoms with Crippen LogP contribution in [0.3, 0.4) is 0 Å². The van der Waals surface area contributed by atoms with Crippen molar-refractivity contribution in [1.82, 2.24) is 14.6 Å². The Kier molecular flexibility index (Phi) is 3.45. The summed E-state index contributed by atoms with van der Waals surface area (Å²) in [6.07, 6.45) is 3.69. The molecular formula is C14H11ClN4O2S. The van der Waals surface area contributed by atoms with Crippen LogP contribution in [0.5, 0.6) is 0 Å². The summed E-state index contributed by atoms with van der Waals surface area (Å²) in [4.78, 5) is 15.0. The van der Waals surface area contributed by atoms with Gasteiger partial charge in [-0.3, -0.25) is 0 Å². The first-order valence-corrected chi connectivity index (χ1v) is 7.82. The maximum absolute atomic E-state index is 5.93. The molecule has 0 saturated carbocycles. The lowest BCUT2D eigenvalue weighted by molar-refractivity contribution is -0.233. The van der Waals surface area contributed by atoms with Crippen molar-refractivity contribution in [2.75, 3.05) is 18.5 Å². The first-order chi connectivity index (χ1) is 10.8. The molecule has 22 heavy (non-hydrogen) atoms. The van der Waals surface area contributed by atoms with Gasteiger partial charge in [0.05, 0.1) is 18.4 Å². The number of nitrogens with one attached hydrogen (secondary N) is 1. The van der Waals surface area contributed by atoms with E-state index in [1.165, 1.54) is 11.3 Å². The zero-order valence-electron chi connectivity index (χ0n) is 11.3. The first kappa shape index (κ1) is 13.6. The van der Waals surface area contributed by atoms with Crippen molar-refractivity contribution in [3.63, 3.8) is 0 Å². The Morgan fingerprint density at radius 2 is 2.18 bits per heavy atom. The highest BCUT2D eigenvalue weighted by atomic mass is 35.5. The van der Waals surface area contributed by atoms with Gasteiger partial charge in [0.25, 0.3) is 0 Å². The quantitative estimate of drug-likeness (QED) is 0.741. The van der Waals surface area contributed by atoms with Crippen LogP contribution in [0.4, 0.5) is 5.13 Å². The summed E-state index contributed by atoms with van der Waals surface area (Å²) in [5, 5.41) is 9.22. The molecule has 0 unspecified atom stereocenters. The van der Waals surface area contributed by atoms with E-state index in [1.54, 1.807) is 0 Å². The Bertz CT molecular complexity index is 840. The standard InChI is InChI=1S/C14H11ClN4O2S/c15-10-3-1-9(2-4-10)12-8-17-14-19(12)18-13(22-14)16-7-11-5-6-20-21-11/h1-5,8H,6-7H2,(H,16,18). The third-order valence-corrected chi connectivity index (χ3v) is 4.32. The van der Waals surface area contributed by atoms with Crippen LogP contribution in [-0.4, -0.2) is 27.7 Å². The van der Waals surface area contributed by atoms with Crippen molar-refractivity contribution in [1.29, 1.82) is 0 Å². The van der Waals surface area contributed by atoms with Gasteiger partial charge in [-0.1, -0.05) is 35.1 Å². The molecule has 0 saturated heterocycles. The second kappa shape index (κ2) is 5.60. The minimum absolute atomic E-state index is 0.485. The van der Waals surface area contributed by atoms with Crippen LogP contribution >= 0.6 is 22.9 Å². The van der Waals surface area contributed by atoms with Crippen molar-refractivity contribution in [2.24, 2.45) is 0 Å². The number of anilines is 1. The smallest absolute Gasteiger partial charge is 0.214 e. The van der Waals surface area contributed by atoms with Gasteiger partial charge in [0.2, 0.25) is 10.1 Å². The Morgan fingerprint density at radius 3 is 2.95 bits per heavy atom. The van der Waals surface area contributed by atoms with E-state index in [-0.39, 0.29) is 0 Å². The summed E-state index contributed by atoms with van der Waals surface area (Å²) in [7, 11) is 0. The summed E-state index contributed by atoms with van der Waals surface area (Å²) < 4.78 is 1.82. The van der Waals surface area contributed by atoms with E-state index in [0.717, 1.165) is 27.1 Å². The molecule has 0 amide bonds. The fraction of sp³-hybridized carbons (Fsp3) is 0.143. The molecule has 0 aliphatic carbocycles. The van der Waals surface area contributed by atoms with Crippen LogP contribution in [0.25, 0.3) is 16.2 Å². The highest BCUT2D eigenvalue weighted by molar-refractivity contribution is 7.20. The number of nitrogens with zero attached hydrogens (tertiary/aromatic N) is 3. The summed E-state index contributed by atoms with van der Waals surface area (Å²) in [6, 6.07) is 7.61. The number of hydrogen-bond acceptors (Lipinski definition) is 6. The molecule has 2 aromatic heterocycles. The molecule has 0 spiro atoms. The van der Waals surface area contributed by atoms with Gasteiger partial charge in [-0.25, -0.2) is 9.50 Å².